The molecule has 1 aromatic carbocycles. The fourth-order valence-corrected chi connectivity index (χ4v) is 3.68. The van der Waals surface area contributed by atoms with Gasteiger partial charge in [-0.1, -0.05) is 30.3 Å². The molecule has 0 bridgehead atoms. The number of aryl methyl sites for hydroxylation is 1. The maximum absolute atomic E-state index is 12.2. The smallest absolute Gasteiger partial charge is 0.311 e. The Morgan fingerprint density at radius 3 is 2.83 bits per heavy atom. The Hall–Kier alpha value is -2.20. The van der Waals surface area contributed by atoms with Gasteiger partial charge in [-0.3, -0.25) is 14.7 Å². The first kappa shape index (κ1) is 16.7. The molecule has 2 aromatic rings. The van der Waals surface area contributed by atoms with Gasteiger partial charge in [-0.2, -0.15) is 0 Å². The number of likely N-dealkylation sites (tertiary alicyclic amines) is 1. The van der Waals surface area contributed by atoms with Crippen LogP contribution in [0.4, 0.5) is 0 Å². The van der Waals surface area contributed by atoms with Gasteiger partial charge in [-0.25, -0.2) is 0 Å². The van der Waals surface area contributed by atoms with Crippen molar-refractivity contribution in [2.75, 3.05) is 13.1 Å². The molecule has 0 amide bonds. The Kier molecular flexibility index (Phi) is 4.95. The molecule has 1 atom stereocenters. The molecule has 24 heavy (non-hydrogen) atoms. The minimum Gasteiger partial charge on any atom is -0.481 e. The number of aromatic nitrogens is 1. The van der Waals surface area contributed by atoms with E-state index in [-0.39, 0.29) is 0 Å². The standard InChI is InChI=1S/C20H24N2O2/c1-16-6-2-3-8-18(16)12-20(19(23)24)9-5-11-22(15-20)14-17-7-4-10-21-13-17/h2-4,6-8,10,13H,5,9,11-12,14-15H2,1H3,(H,23,24). The Labute approximate surface area is 143 Å². The molecule has 126 valence electrons. The number of rotatable bonds is 5. The molecule has 1 N–H and O–H groups in total. The minimum absolute atomic E-state index is 0.589. The number of nitrogens with zero attached hydrogens (tertiary/aromatic N) is 2. The second kappa shape index (κ2) is 7.14. The summed E-state index contributed by atoms with van der Waals surface area (Å²) in [7, 11) is 0. The molecule has 1 aromatic heterocycles. The molecule has 1 unspecified atom stereocenters. The number of piperidine rings is 1. The minimum atomic E-state index is -0.702. The van der Waals surface area contributed by atoms with E-state index in [4.69, 9.17) is 0 Å². The van der Waals surface area contributed by atoms with Crippen molar-refractivity contribution in [3.8, 4) is 0 Å². The number of hydrogen-bond donors (Lipinski definition) is 1. The third-order valence-electron chi connectivity index (χ3n) is 5.03. The number of carboxylic acids is 1. The fourth-order valence-electron chi connectivity index (χ4n) is 3.68. The fraction of sp³-hybridized carbons (Fsp3) is 0.400. The number of benzene rings is 1. The van der Waals surface area contributed by atoms with E-state index in [1.165, 1.54) is 5.56 Å². The van der Waals surface area contributed by atoms with E-state index in [1.807, 2.05) is 30.5 Å². The zero-order valence-corrected chi connectivity index (χ0v) is 14.1. The first-order chi connectivity index (χ1) is 11.6. The van der Waals surface area contributed by atoms with Crippen molar-refractivity contribution >= 4 is 5.97 Å². The topological polar surface area (TPSA) is 53.4 Å². The molecular weight excluding hydrogens is 300 g/mol. The lowest BCUT2D eigenvalue weighted by atomic mass is 9.74. The van der Waals surface area contributed by atoms with Crippen LogP contribution in [0.2, 0.25) is 0 Å². The highest BCUT2D eigenvalue weighted by Gasteiger charge is 2.42. The lowest BCUT2D eigenvalue weighted by molar-refractivity contribution is -0.152. The molecule has 0 radical (unpaired) electrons. The van der Waals surface area contributed by atoms with Crippen LogP contribution in [0.3, 0.4) is 0 Å². The maximum Gasteiger partial charge on any atom is 0.311 e. The monoisotopic (exact) mass is 324 g/mol. The van der Waals surface area contributed by atoms with Gasteiger partial charge in [-0.05, 0) is 55.5 Å². The summed E-state index contributed by atoms with van der Waals surface area (Å²) < 4.78 is 0. The third kappa shape index (κ3) is 3.65. The first-order valence-corrected chi connectivity index (χ1v) is 8.48. The SMILES string of the molecule is Cc1ccccc1CC1(C(=O)O)CCCN(Cc2cccnc2)C1. The predicted octanol–water partition coefficient (Wildman–Crippen LogP) is 3.30. The van der Waals surface area contributed by atoms with Crippen LogP contribution in [0.5, 0.6) is 0 Å². The van der Waals surface area contributed by atoms with E-state index < -0.39 is 11.4 Å². The number of hydrogen-bond acceptors (Lipinski definition) is 3. The maximum atomic E-state index is 12.2. The van der Waals surface area contributed by atoms with E-state index in [0.717, 1.165) is 37.1 Å². The summed E-state index contributed by atoms with van der Waals surface area (Å²) >= 11 is 0. The van der Waals surface area contributed by atoms with Crippen molar-refractivity contribution < 1.29 is 9.90 Å². The quantitative estimate of drug-likeness (QED) is 0.917. The number of carbonyl (C=O) groups is 1. The van der Waals surface area contributed by atoms with Gasteiger partial charge in [-0.15, -0.1) is 0 Å². The Bertz CT molecular complexity index is 702. The average Bonchev–Trinajstić information content (AvgIpc) is 2.58. The van der Waals surface area contributed by atoms with E-state index in [2.05, 4.69) is 28.9 Å². The van der Waals surface area contributed by atoms with Gasteiger partial charge in [0.1, 0.15) is 0 Å². The van der Waals surface area contributed by atoms with Gasteiger partial charge in [0, 0.05) is 25.5 Å². The summed E-state index contributed by atoms with van der Waals surface area (Å²) in [5, 5.41) is 9.99. The number of aliphatic carboxylic acids is 1. The van der Waals surface area contributed by atoms with Crippen LogP contribution < -0.4 is 0 Å². The molecule has 0 saturated carbocycles. The van der Waals surface area contributed by atoms with E-state index >= 15 is 0 Å². The van der Waals surface area contributed by atoms with Crippen LogP contribution in [0.1, 0.15) is 29.5 Å². The van der Waals surface area contributed by atoms with Crippen LogP contribution in [0.15, 0.2) is 48.8 Å². The van der Waals surface area contributed by atoms with Crippen molar-refractivity contribution in [2.24, 2.45) is 5.41 Å². The van der Waals surface area contributed by atoms with Crippen LogP contribution in [0, 0.1) is 12.3 Å². The van der Waals surface area contributed by atoms with Crippen molar-refractivity contribution in [3.05, 3.63) is 65.5 Å². The van der Waals surface area contributed by atoms with Crippen molar-refractivity contribution in [2.45, 2.75) is 32.7 Å². The molecule has 2 heterocycles. The highest BCUT2D eigenvalue weighted by atomic mass is 16.4. The average molecular weight is 324 g/mol. The lowest BCUT2D eigenvalue weighted by Crippen LogP contribution is -2.48. The predicted molar refractivity (Wildman–Crippen MR) is 93.7 cm³/mol. The molecule has 0 spiro atoms. The van der Waals surface area contributed by atoms with Crippen molar-refractivity contribution in [3.63, 3.8) is 0 Å². The second-order valence-electron chi connectivity index (χ2n) is 6.86. The molecule has 4 heteroatoms. The molecule has 4 nitrogen and oxygen atoms in total. The van der Waals surface area contributed by atoms with Gasteiger partial charge in [0.25, 0.3) is 0 Å². The van der Waals surface area contributed by atoms with Crippen LogP contribution in [0.25, 0.3) is 0 Å². The van der Waals surface area contributed by atoms with E-state index in [0.29, 0.717) is 13.0 Å². The summed E-state index contributed by atoms with van der Waals surface area (Å²) in [5.74, 6) is -0.679. The zero-order chi connectivity index (χ0) is 17.0. The van der Waals surface area contributed by atoms with Gasteiger partial charge in [0.15, 0.2) is 0 Å². The molecule has 1 saturated heterocycles. The molecule has 1 aliphatic rings. The van der Waals surface area contributed by atoms with Crippen LogP contribution >= 0.6 is 0 Å². The zero-order valence-electron chi connectivity index (χ0n) is 14.1. The third-order valence-corrected chi connectivity index (χ3v) is 5.03. The van der Waals surface area contributed by atoms with Gasteiger partial charge in [0.05, 0.1) is 5.41 Å². The number of carboxylic acid groups (broad SMARTS) is 1. The van der Waals surface area contributed by atoms with Crippen molar-refractivity contribution in [1.82, 2.24) is 9.88 Å². The van der Waals surface area contributed by atoms with Gasteiger partial charge < -0.3 is 5.11 Å². The van der Waals surface area contributed by atoms with Crippen LogP contribution in [-0.4, -0.2) is 34.0 Å². The largest absolute Gasteiger partial charge is 0.481 e. The van der Waals surface area contributed by atoms with E-state index in [9.17, 15) is 9.90 Å². The number of pyridine rings is 1. The van der Waals surface area contributed by atoms with Crippen molar-refractivity contribution in [1.29, 1.82) is 0 Å². The lowest BCUT2D eigenvalue weighted by Gasteiger charge is -2.40. The Morgan fingerprint density at radius 1 is 1.29 bits per heavy atom. The molecule has 0 aliphatic carbocycles. The normalized spacial score (nSPS) is 21.5. The highest BCUT2D eigenvalue weighted by Crippen LogP contribution is 2.35. The molecular formula is C20H24N2O2. The van der Waals surface area contributed by atoms with Gasteiger partial charge >= 0.3 is 5.97 Å². The molecule has 3 rings (SSSR count). The summed E-state index contributed by atoms with van der Waals surface area (Å²) in [5.41, 5.74) is 2.74. The molecule has 1 aliphatic heterocycles. The highest BCUT2D eigenvalue weighted by molar-refractivity contribution is 5.75. The molecule has 1 fully saturated rings. The Morgan fingerprint density at radius 2 is 2.12 bits per heavy atom. The Balaban J connectivity index is 1.79. The summed E-state index contributed by atoms with van der Waals surface area (Å²) in [4.78, 5) is 18.6. The summed E-state index contributed by atoms with van der Waals surface area (Å²) in [6.07, 6.45) is 5.87. The first-order valence-electron chi connectivity index (χ1n) is 8.48. The van der Waals surface area contributed by atoms with Gasteiger partial charge in [0.2, 0.25) is 0 Å². The second-order valence-corrected chi connectivity index (χ2v) is 6.86. The summed E-state index contributed by atoms with van der Waals surface area (Å²) in [6.45, 7) is 4.35. The van der Waals surface area contributed by atoms with Crippen LogP contribution in [-0.2, 0) is 17.8 Å². The summed E-state index contributed by atoms with van der Waals surface area (Å²) in [6, 6.07) is 12.1. The van der Waals surface area contributed by atoms with E-state index in [1.54, 1.807) is 6.20 Å².